The topological polar surface area (TPSA) is 63.9 Å². The molecule has 102 valence electrons. The summed E-state index contributed by atoms with van der Waals surface area (Å²) in [5.74, 6) is 0. The average molecular weight is 253 g/mol. The van der Waals surface area contributed by atoms with Crippen molar-refractivity contribution in [3.8, 4) is 0 Å². The Balaban J connectivity index is 2.58. The van der Waals surface area contributed by atoms with Crippen molar-refractivity contribution >= 4 is 0 Å². The largest absolute Gasteiger partial charge is 0.395 e. The second-order valence-corrected chi connectivity index (χ2v) is 4.36. The standard InChI is InChI=1S/C14H23NO3/c1-2-12-3-5-13(6-4-12)14(18)11-15(7-9-16)8-10-17/h3-6,14,16-18H,2,7-11H2,1H3. The quantitative estimate of drug-likeness (QED) is 0.634. The minimum atomic E-state index is -0.589. The molecule has 0 aliphatic carbocycles. The van der Waals surface area contributed by atoms with Gasteiger partial charge in [-0.25, -0.2) is 0 Å². The van der Waals surface area contributed by atoms with E-state index in [0.29, 0.717) is 19.6 Å². The van der Waals surface area contributed by atoms with Crippen molar-refractivity contribution in [2.75, 3.05) is 32.8 Å². The minimum absolute atomic E-state index is 0.0293. The number of aliphatic hydroxyl groups is 3. The molecule has 0 fully saturated rings. The highest BCUT2D eigenvalue weighted by atomic mass is 16.3. The summed E-state index contributed by atoms with van der Waals surface area (Å²) in [6, 6.07) is 7.89. The molecule has 0 amide bonds. The molecule has 1 atom stereocenters. The van der Waals surface area contributed by atoms with Gasteiger partial charge in [0.25, 0.3) is 0 Å². The number of hydrogen-bond acceptors (Lipinski definition) is 4. The van der Waals surface area contributed by atoms with Crippen LogP contribution in [0.4, 0.5) is 0 Å². The van der Waals surface area contributed by atoms with Gasteiger partial charge in [-0.3, -0.25) is 4.90 Å². The van der Waals surface area contributed by atoms with Gasteiger partial charge >= 0.3 is 0 Å². The molecule has 0 radical (unpaired) electrons. The highest BCUT2D eigenvalue weighted by Gasteiger charge is 2.12. The van der Waals surface area contributed by atoms with Gasteiger partial charge < -0.3 is 15.3 Å². The van der Waals surface area contributed by atoms with E-state index in [1.165, 1.54) is 5.56 Å². The van der Waals surface area contributed by atoms with Gasteiger partial charge in [-0.1, -0.05) is 31.2 Å². The van der Waals surface area contributed by atoms with Gasteiger partial charge in [-0.15, -0.1) is 0 Å². The molecule has 1 unspecified atom stereocenters. The van der Waals surface area contributed by atoms with Crippen LogP contribution in [0.15, 0.2) is 24.3 Å². The first kappa shape index (κ1) is 15.1. The van der Waals surface area contributed by atoms with E-state index in [1.54, 1.807) is 0 Å². The molecule has 0 saturated carbocycles. The summed E-state index contributed by atoms with van der Waals surface area (Å²) in [7, 11) is 0. The Kier molecular flexibility index (Phi) is 6.90. The zero-order chi connectivity index (χ0) is 13.4. The third-order valence-corrected chi connectivity index (χ3v) is 3.04. The van der Waals surface area contributed by atoms with E-state index in [-0.39, 0.29) is 13.2 Å². The monoisotopic (exact) mass is 253 g/mol. The molecular weight excluding hydrogens is 230 g/mol. The first-order valence-corrected chi connectivity index (χ1v) is 6.42. The molecule has 0 saturated heterocycles. The zero-order valence-electron chi connectivity index (χ0n) is 10.9. The minimum Gasteiger partial charge on any atom is -0.395 e. The summed E-state index contributed by atoms with van der Waals surface area (Å²) >= 11 is 0. The van der Waals surface area contributed by atoms with E-state index in [4.69, 9.17) is 10.2 Å². The molecule has 1 aromatic rings. The molecule has 18 heavy (non-hydrogen) atoms. The van der Waals surface area contributed by atoms with Crippen molar-refractivity contribution in [2.45, 2.75) is 19.4 Å². The predicted molar refractivity (Wildman–Crippen MR) is 71.4 cm³/mol. The van der Waals surface area contributed by atoms with E-state index in [1.807, 2.05) is 29.2 Å². The Hall–Kier alpha value is -0.940. The molecular formula is C14H23NO3. The predicted octanol–water partition coefficient (Wildman–Crippen LogP) is 0.569. The van der Waals surface area contributed by atoms with Crippen molar-refractivity contribution < 1.29 is 15.3 Å². The van der Waals surface area contributed by atoms with Crippen molar-refractivity contribution in [3.05, 3.63) is 35.4 Å². The van der Waals surface area contributed by atoms with Crippen molar-refractivity contribution in [3.63, 3.8) is 0 Å². The van der Waals surface area contributed by atoms with Gasteiger partial charge in [0.1, 0.15) is 0 Å². The Morgan fingerprint density at radius 2 is 1.61 bits per heavy atom. The maximum atomic E-state index is 10.1. The number of rotatable bonds is 8. The molecule has 0 spiro atoms. The van der Waals surface area contributed by atoms with Gasteiger partial charge in [0.05, 0.1) is 19.3 Å². The summed E-state index contributed by atoms with van der Waals surface area (Å²) in [4.78, 5) is 1.85. The van der Waals surface area contributed by atoms with Crippen LogP contribution in [0.2, 0.25) is 0 Å². The average Bonchev–Trinajstić information content (AvgIpc) is 2.39. The number of aliphatic hydroxyl groups excluding tert-OH is 3. The Morgan fingerprint density at radius 3 is 2.06 bits per heavy atom. The smallest absolute Gasteiger partial charge is 0.0916 e. The second-order valence-electron chi connectivity index (χ2n) is 4.36. The lowest BCUT2D eigenvalue weighted by atomic mass is 10.1. The van der Waals surface area contributed by atoms with Crippen LogP contribution in [0.3, 0.4) is 0 Å². The second kappa shape index (κ2) is 8.21. The lowest BCUT2D eigenvalue weighted by Crippen LogP contribution is -2.33. The van der Waals surface area contributed by atoms with Crippen LogP contribution in [-0.2, 0) is 6.42 Å². The highest BCUT2D eigenvalue weighted by Crippen LogP contribution is 2.15. The lowest BCUT2D eigenvalue weighted by molar-refractivity contribution is 0.0874. The maximum Gasteiger partial charge on any atom is 0.0916 e. The molecule has 3 N–H and O–H groups in total. The van der Waals surface area contributed by atoms with Crippen LogP contribution in [0.5, 0.6) is 0 Å². The summed E-state index contributed by atoms with van der Waals surface area (Å²) in [6.07, 6.45) is 0.395. The fraction of sp³-hybridized carbons (Fsp3) is 0.571. The number of benzene rings is 1. The normalized spacial score (nSPS) is 12.9. The van der Waals surface area contributed by atoms with E-state index < -0.39 is 6.10 Å². The molecule has 4 heteroatoms. The highest BCUT2D eigenvalue weighted by molar-refractivity contribution is 5.24. The Morgan fingerprint density at radius 1 is 1.06 bits per heavy atom. The van der Waals surface area contributed by atoms with Gasteiger partial charge in [0, 0.05) is 19.6 Å². The lowest BCUT2D eigenvalue weighted by Gasteiger charge is -2.23. The number of aryl methyl sites for hydroxylation is 1. The molecule has 4 nitrogen and oxygen atoms in total. The first-order chi connectivity index (χ1) is 8.71. The SMILES string of the molecule is CCc1ccc(C(O)CN(CCO)CCO)cc1. The molecule has 1 aromatic carbocycles. The molecule has 0 heterocycles. The van der Waals surface area contributed by atoms with Crippen molar-refractivity contribution in [2.24, 2.45) is 0 Å². The van der Waals surface area contributed by atoms with Crippen LogP contribution in [-0.4, -0.2) is 53.1 Å². The summed E-state index contributed by atoms with van der Waals surface area (Å²) in [6.45, 7) is 3.50. The van der Waals surface area contributed by atoms with Crippen LogP contribution in [0.25, 0.3) is 0 Å². The maximum absolute atomic E-state index is 10.1. The van der Waals surface area contributed by atoms with Crippen LogP contribution in [0, 0.1) is 0 Å². The van der Waals surface area contributed by atoms with E-state index >= 15 is 0 Å². The molecule has 0 bridgehead atoms. The number of nitrogens with zero attached hydrogens (tertiary/aromatic N) is 1. The van der Waals surface area contributed by atoms with E-state index in [0.717, 1.165) is 12.0 Å². The van der Waals surface area contributed by atoms with Crippen molar-refractivity contribution in [1.29, 1.82) is 0 Å². The Labute approximate surface area is 108 Å². The van der Waals surface area contributed by atoms with Gasteiger partial charge in [0.15, 0.2) is 0 Å². The Bertz CT molecular complexity index is 320. The van der Waals surface area contributed by atoms with Gasteiger partial charge in [0.2, 0.25) is 0 Å². The molecule has 1 rings (SSSR count). The first-order valence-electron chi connectivity index (χ1n) is 6.42. The molecule has 0 aromatic heterocycles. The van der Waals surface area contributed by atoms with Crippen LogP contribution < -0.4 is 0 Å². The molecule has 0 aliphatic rings. The van der Waals surface area contributed by atoms with Gasteiger partial charge in [-0.05, 0) is 17.5 Å². The summed E-state index contributed by atoms with van der Waals surface area (Å²) < 4.78 is 0. The van der Waals surface area contributed by atoms with Crippen molar-refractivity contribution in [1.82, 2.24) is 4.90 Å². The number of hydrogen-bond donors (Lipinski definition) is 3. The van der Waals surface area contributed by atoms with E-state index in [9.17, 15) is 5.11 Å². The summed E-state index contributed by atoms with van der Waals surface area (Å²) in [5, 5.41) is 27.9. The fourth-order valence-electron chi connectivity index (χ4n) is 1.90. The van der Waals surface area contributed by atoms with Crippen LogP contribution in [0.1, 0.15) is 24.2 Å². The van der Waals surface area contributed by atoms with Crippen LogP contribution >= 0.6 is 0 Å². The molecule has 0 aliphatic heterocycles. The summed E-state index contributed by atoms with van der Waals surface area (Å²) in [5.41, 5.74) is 2.11. The third kappa shape index (κ3) is 4.74. The van der Waals surface area contributed by atoms with E-state index in [2.05, 4.69) is 6.92 Å². The zero-order valence-corrected chi connectivity index (χ0v) is 10.9. The third-order valence-electron chi connectivity index (χ3n) is 3.04. The van der Waals surface area contributed by atoms with Gasteiger partial charge in [-0.2, -0.15) is 0 Å². The fourth-order valence-corrected chi connectivity index (χ4v) is 1.90.